The van der Waals surface area contributed by atoms with E-state index in [0.29, 0.717) is 5.82 Å². The minimum atomic E-state index is -0.270. The third-order valence-electron chi connectivity index (χ3n) is 4.88. The van der Waals surface area contributed by atoms with Crippen molar-refractivity contribution < 1.29 is 9.29 Å². The lowest BCUT2D eigenvalue weighted by molar-refractivity contribution is -0.858. The number of quaternary nitrogens is 1. The fourth-order valence-electron chi connectivity index (χ4n) is 3.26. The van der Waals surface area contributed by atoms with Crippen LogP contribution >= 0.6 is 0 Å². The highest BCUT2D eigenvalue weighted by molar-refractivity contribution is 5.94. The van der Waals surface area contributed by atoms with Crippen LogP contribution in [0.15, 0.2) is 30.6 Å². The number of hydrogen-bond donors (Lipinski definition) is 1. The van der Waals surface area contributed by atoms with Crippen LogP contribution in [0.25, 0.3) is 28.1 Å². The molecule has 7 heteroatoms. The third kappa shape index (κ3) is 2.64. The highest BCUT2D eigenvalue weighted by Gasteiger charge is 2.18. The van der Waals surface area contributed by atoms with Crippen molar-refractivity contribution in [1.82, 2.24) is 24.1 Å². The van der Waals surface area contributed by atoms with Gasteiger partial charge in [-0.1, -0.05) is 0 Å². The highest BCUT2D eigenvalue weighted by atomic mass is 19.1. The van der Waals surface area contributed by atoms with E-state index in [2.05, 4.69) is 42.6 Å². The Labute approximate surface area is 150 Å². The number of nitrogens with zero attached hydrogens (tertiary/aromatic N) is 5. The van der Waals surface area contributed by atoms with Gasteiger partial charge in [0.1, 0.15) is 17.8 Å². The predicted octanol–water partition coefficient (Wildman–Crippen LogP) is 1.65. The molecule has 1 aromatic carbocycles. The van der Waals surface area contributed by atoms with Gasteiger partial charge in [0.25, 0.3) is 0 Å². The van der Waals surface area contributed by atoms with E-state index in [1.54, 1.807) is 23.0 Å². The van der Waals surface area contributed by atoms with Crippen LogP contribution in [-0.2, 0) is 6.54 Å². The molecule has 0 atom stereocenters. The maximum absolute atomic E-state index is 13.2. The summed E-state index contributed by atoms with van der Waals surface area (Å²) in [5.41, 5.74) is 4.88. The molecule has 1 N–H and O–H groups in total. The molecule has 0 aliphatic heterocycles. The molecule has 26 heavy (non-hydrogen) atoms. The second kappa shape index (κ2) is 6.17. The van der Waals surface area contributed by atoms with Crippen molar-refractivity contribution in [2.45, 2.75) is 20.4 Å². The van der Waals surface area contributed by atoms with E-state index in [1.807, 2.05) is 0 Å². The average Bonchev–Trinajstić information content (AvgIpc) is 3.14. The summed E-state index contributed by atoms with van der Waals surface area (Å²) in [4.78, 5) is 10.8. The largest absolute Gasteiger partial charge is 0.338 e. The quantitative estimate of drug-likeness (QED) is 0.607. The molecule has 3 aromatic heterocycles. The van der Waals surface area contributed by atoms with Gasteiger partial charge in [0.2, 0.25) is 0 Å². The summed E-state index contributed by atoms with van der Waals surface area (Å²) in [5, 5.41) is 5.55. The average molecular weight is 353 g/mol. The normalized spacial score (nSPS) is 11.9. The van der Waals surface area contributed by atoms with E-state index < -0.39 is 0 Å². The van der Waals surface area contributed by atoms with Crippen molar-refractivity contribution >= 4 is 16.7 Å². The zero-order valence-corrected chi connectivity index (χ0v) is 15.4. The van der Waals surface area contributed by atoms with Crippen molar-refractivity contribution in [3.8, 4) is 11.4 Å². The number of fused-ring (bicyclic) bond motifs is 3. The second-order valence-electron chi connectivity index (χ2n) is 6.97. The topological polar surface area (TPSA) is 52.5 Å². The van der Waals surface area contributed by atoms with Crippen LogP contribution in [0.3, 0.4) is 0 Å². The smallest absolute Gasteiger partial charge is 0.182 e. The minimum absolute atomic E-state index is 0.270. The fraction of sp³-hybridized carbons (Fsp3) is 0.316. The van der Waals surface area contributed by atoms with E-state index in [0.717, 1.165) is 35.3 Å². The van der Waals surface area contributed by atoms with Gasteiger partial charge in [0.15, 0.2) is 11.5 Å². The highest BCUT2D eigenvalue weighted by Crippen LogP contribution is 2.28. The first kappa shape index (κ1) is 16.7. The van der Waals surface area contributed by atoms with Gasteiger partial charge in [0.05, 0.1) is 32.6 Å². The Morgan fingerprint density at radius 2 is 1.81 bits per heavy atom. The van der Waals surface area contributed by atoms with E-state index in [4.69, 9.17) is 4.98 Å². The van der Waals surface area contributed by atoms with Crippen molar-refractivity contribution in [1.29, 1.82) is 0 Å². The van der Waals surface area contributed by atoms with Crippen LogP contribution in [0.4, 0.5) is 4.39 Å². The molecule has 0 radical (unpaired) electrons. The fourth-order valence-corrected chi connectivity index (χ4v) is 3.26. The number of nitrogens with one attached hydrogen (secondary N) is 1. The van der Waals surface area contributed by atoms with Crippen molar-refractivity contribution in [2.75, 3.05) is 20.6 Å². The summed E-state index contributed by atoms with van der Waals surface area (Å²) in [7, 11) is 4.29. The summed E-state index contributed by atoms with van der Waals surface area (Å²) in [5.74, 6) is 0.301. The van der Waals surface area contributed by atoms with Gasteiger partial charge < -0.3 is 9.47 Å². The molecule has 0 aliphatic carbocycles. The maximum atomic E-state index is 13.2. The molecule has 0 spiro atoms. The number of likely N-dealkylation sites (N-methyl/N-ethyl adjacent to an activating group) is 1. The lowest BCUT2D eigenvalue weighted by Gasteiger charge is -2.10. The number of halogens is 1. The summed E-state index contributed by atoms with van der Waals surface area (Å²) >= 11 is 0. The third-order valence-corrected chi connectivity index (χ3v) is 4.88. The Bertz CT molecular complexity index is 1090. The SMILES string of the molecule is Cc1c(C)n(CC[NH+](C)C)c2ncn3nc(-c4ccc(F)cc4)nc3c12. The van der Waals surface area contributed by atoms with Crippen molar-refractivity contribution in [3.05, 3.63) is 47.7 Å². The van der Waals surface area contributed by atoms with Gasteiger partial charge >= 0.3 is 0 Å². The van der Waals surface area contributed by atoms with Gasteiger partial charge in [-0.15, -0.1) is 5.10 Å². The van der Waals surface area contributed by atoms with Crippen LogP contribution < -0.4 is 4.90 Å². The number of benzene rings is 1. The van der Waals surface area contributed by atoms with Gasteiger partial charge in [-0.25, -0.2) is 18.9 Å². The van der Waals surface area contributed by atoms with Gasteiger partial charge in [-0.3, -0.25) is 0 Å². The van der Waals surface area contributed by atoms with E-state index >= 15 is 0 Å². The monoisotopic (exact) mass is 353 g/mol. The lowest BCUT2D eigenvalue weighted by Crippen LogP contribution is -3.06. The molecule has 134 valence electrons. The summed E-state index contributed by atoms with van der Waals surface area (Å²) in [6.07, 6.45) is 1.70. The van der Waals surface area contributed by atoms with E-state index in [-0.39, 0.29) is 5.82 Å². The zero-order chi connectivity index (χ0) is 18.4. The van der Waals surface area contributed by atoms with Gasteiger partial charge in [0, 0.05) is 11.3 Å². The maximum Gasteiger partial charge on any atom is 0.182 e. The Morgan fingerprint density at radius 1 is 1.08 bits per heavy atom. The van der Waals surface area contributed by atoms with Gasteiger partial charge in [-0.05, 0) is 43.7 Å². The standard InChI is InChI=1S/C19H21FN6/c1-12-13(2)25(10-9-24(3)4)18-16(12)19-22-17(23-26(19)11-21-18)14-5-7-15(20)8-6-14/h5-8,11H,9-10H2,1-4H3/p+1. The molecule has 0 saturated heterocycles. The van der Waals surface area contributed by atoms with Crippen LogP contribution in [0.2, 0.25) is 0 Å². The predicted molar refractivity (Wildman–Crippen MR) is 98.8 cm³/mol. The minimum Gasteiger partial charge on any atom is -0.338 e. The molecule has 0 unspecified atom stereocenters. The molecule has 0 bridgehead atoms. The molecule has 0 fully saturated rings. The molecule has 4 rings (SSSR count). The number of aromatic nitrogens is 5. The Balaban J connectivity index is 1.89. The summed E-state index contributed by atoms with van der Waals surface area (Å²) in [6.45, 7) is 6.14. The second-order valence-corrected chi connectivity index (χ2v) is 6.97. The first-order valence-electron chi connectivity index (χ1n) is 8.71. The van der Waals surface area contributed by atoms with Crippen molar-refractivity contribution in [2.24, 2.45) is 0 Å². The first-order chi connectivity index (χ1) is 12.5. The number of hydrogen-bond acceptors (Lipinski definition) is 3. The lowest BCUT2D eigenvalue weighted by atomic mass is 10.2. The van der Waals surface area contributed by atoms with E-state index in [9.17, 15) is 4.39 Å². The van der Waals surface area contributed by atoms with Crippen LogP contribution in [0, 0.1) is 19.7 Å². The van der Waals surface area contributed by atoms with Crippen LogP contribution in [0.1, 0.15) is 11.3 Å². The Hall–Kier alpha value is -2.80. The zero-order valence-electron chi connectivity index (χ0n) is 15.4. The van der Waals surface area contributed by atoms with Crippen LogP contribution in [-0.4, -0.2) is 44.8 Å². The molecular formula is C19H22FN6+. The first-order valence-corrected chi connectivity index (χ1v) is 8.71. The Kier molecular flexibility index (Phi) is 3.96. The number of rotatable bonds is 4. The van der Waals surface area contributed by atoms with Crippen LogP contribution in [0.5, 0.6) is 0 Å². The molecule has 4 aromatic rings. The molecule has 0 amide bonds. The molecule has 6 nitrogen and oxygen atoms in total. The van der Waals surface area contributed by atoms with Gasteiger partial charge in [-0.2, -0.15) is 0 Å². The molecule has 3 heterocycles. The molecular weight excluding hydrogens is 331 g/mol. The Morgan fingerprint density at radius 3 is 2.50 bits per heavy atom. The molecule has 0 saturated carbocycles. The summed E-state index contributed by atoms with van der Waals surface area (Å²) in [6, 6.07) is 6.23. The van der Waals surface area contributed by atoms with E-state index in [1.165, 1.54) is 28.3 Å². The van der Waals surface area contributed by atoms with Crippen molar-refractivity contribution in [3.63, 3.8) is 0 Å². The number of aryl methyl sites for hydroxylation is 1. The summed E-state index contributed by atoms with van der Waals surface area (Å²) < 4.78 is 17.1. The molecule has 0 aliphatic rings.